The predicted molar refractivity (Wildman–Crippen MR) is 84.1 cm³/mol. The van der Waals surface area contributed by atoms with Gasteiger partial charge in [0.25, 0.3) is 0 Å². The molecule has 0 saturated heterocycles. The van der Waals surface area contributed by atoms with Crippen molar-refractivity contribution in [3.63, 3.8) is 0 Å². The second kappa shape index (κ2) is 8.00. The molecule has 0 saturated carbocycles. The molecule has 0 aromatic heterocycles. The minimum atomic E-state index is -1.22. The highest BCUT2D eigenvalue weighted by Gasteiger charge is 2.33. The van der Waals surface area contributed by atoms with Crippen LogP contribution in [0.25, 0.3) is 0 Å². The molecule has 0 fully saturated rings. The molecule has 0 bridgehead atoms. The summed E-state index contributed by atoms with van der Waals surface area (Å²) in [6, 6.07) is -0.743. The van der Waals surface area contributed by atoms with Gasteiger partial charge in [-0.25, -0.2) is 4.79 Å². The maximum atomic E-state index is 12.3. The van der Waals surface area contributed by atoms with Gasteiger partial charge in [0.2, 0.25) is 11.8 Å². The number of unbranched alkanes of at least 4 members (excludes halogenated alkanes) is 1. The number of nitrogens with one attached hydrogen (secondary N) is 2. The molecule has 0 aliphatic rings. The zero-order valence-corrected chi connectivity index (χ0v) is 14.4. The van der Waals surface area contributed by atoms with Gasteiger partial charge in [0, 0.05) is 0 Å². The van der Waals surface area contributed by atoms with Gasteiger partial charge in [0.1, 0.15) is 17.2 Å². The molecule has 0 aliphatic carbocycles. The average molecular weight is 315 g/mol. The summed E-state index contributed by atoms with van der Waals surface area (Å²) in [6.07, 6.45) is 1.43. The van der Waals surface area contributed by atoms with E-state index in [1.165, 1.54) is 13.8 Å². The third-order valence-electron chi connectivity index (χ3n) is 2.88. The first-order valence-corrected chi connectivity index (χ1v) is 7.50. The number of alkyl carbamates (subject to hydrolysis) is 1. The van der Waals surface area contributed by atoms with Crippen LogP contribution in [-0.2, 0) is 14.3 Å². The van der Waals surface area contributed by atoms with E-state index in [9.17, 15) is 14.4 Å². The highest BCUT2D eigenvalue weighted by Crippen LogP contribution is 2.10. The monoisotopic (exact) mass is 315 g/mol. The summed E-state index contributed by atoms with van der Waals surface area (Å²) in [5.41, 5.74) is 3.41. The van der Waals surface area contributed by atoms with Crippen molar-refractivity contribution in [2.45, 2.75) is 78.0 Å². The number of carbonyl (C=O) groups excluding carboxylic acids is 3. The Balaban J connectivity index is 4.72. The Morgan fingerprint density at radius 3 is 2.09 bits per heavy atom. The molecule has 0 spiro atoms. The Labute approximate surface area is 132 Å². The van der Waals surface area contributed by atoms with Crippen LogP contribution >= 0.6 is 0 Å². The van der Waals surface area contributed by atoms with Crippen molar-refractivity contribution in [2.75, 3.05) is 0 Å². The molecule has 128 valence electrons. The smallest absolute Gasteiger partial charge is 0.408 e. The van der Waals surface area contributed by atoms with Crippen LogP contribution < -0.4 is 16.4 Å². The van der Waals surface area contributed by atoms with E-state index in [-0.39, 0.29) is 0 Å². The van der Waals surface area contributed by atoms with Crippen molar-refractivity contribution in [2.24, 2.45) is 5.73 Å². The summed E-state index contributed by atoms with van der Waals surface area (Å²) in [5, 5.41) is 5.06. The van der Waals surface area contributed by atoms with Crippen LogP contribution in [0.15, 0.2) is 0 Å². The number of hydrogen-bond acceptors (Lipinski definition) is 4. The van der Waals surface area contributed by atoms with Crippen LogP contribution in [0.4, 0.5) is 4.79 Å². The number of nitrogens with two attached hydrogens (primary N) is 1. The van der Waals surface area contributed by atoms with E-state index in [4.69, 9.17) is 10.5 Å². The van der Waals surface area contributed by atoms with E-state index in [0.29, 0.717) is 6.42 Å². The van der Waals surface area contributed by atoms with Crippen LogP contribution in [-0.4, -0.2) is 35.1 Å². The maximum Gasteiger partial charge on any atom is 0.408 e. The van der Waals surface area contributed by atoms with Crippen molar-refractivity contribution < 1.29 is 19.1 Å². The lowest BCUT2D eigenvalue weighted by Gasteiger charge is -2.29. The first kappa shape index (κ1) is 20.2. The van der Waals surface area contributed by atoms with Gasteiger partial charge in [-0.3, -0.25) is 9.59 Å². The molecule has 4 N–H and O–H groups in total. The molecule has 1 unspecified atom stereocenters. The van der Waals surface area contributed by atoms with Crippen molar-refractivity contribution in [3.05, 3.63) is 0 Å². The molecule has 0 radical (unpaired) electrons. The number of hydrogen-bond donors (Lipinski definition) is 3. The van der Waals surface area contributed by atoms with Gasteiger partial charge in [0.05, 0.1) is 0 Å². The van der Waals surface area contributed by atoms with E-state index in [1.807, 2.05) is 6.92 Å². The number of primary amides is 1. The summed E-state index contributed by atoms with van der Waals surface area (Å²) in [7, 11) is 0. The zero-order valence-electron chi connectivity index (χ0n) is 14.4. The standard InChI is InChI=1S/C15H29N3O4/c1-7-8-9-10(11(16)19)17-12(20)15(5,6)18-13(21)22-14(2,3)4/h10H,7-9H2,1-6H3,(H2,16,19)(H,17,20)(H,18,21). The van der Waals surface area contributed by atoms with Crippen LogP contribution in [0.5, 0.6) is 0 Å². The molecule has 3 amide bonds. The highest BCUT2D eigenvalue weighted by molar-refractivity contribution is 5.93. The van der Waals surface area contributed by atoms with Gasteiger partial charge in [-0.05, 0) is 41.0 Å². The Bertz CT molecular complexity index is 414. The fourth-order valence-electron chi connectivity index (χ4n) is 1.65. The van der Waals surface area contributed by atoms with Crippen LogP contribution in [0.1, 0.15) is 60.8 Å². The van der Waals surface area contributed by atoms with Crippen LogP contribution in [0.3, 0.4) is 0 Å². The van der Waals surface area contributed by atoms with Crippen molar-refractivity contribution >= 4 is 17.9 Å². The van der Waals surface area contributed by atoms with Crippen molar-refractivity contribution in [1.82, 2.24) is 10.6 Å². The maximum absolute atomic E-state index is 12.3. The molecular weight excluding hydrogens is 286 g/mol. The normalized spacial score (nSPS) is 13.2. The molecule has 0 aliphatic heterocycles. The van der Waals surface area contributed by atoms with Crippen molar-refractivity contribution in [1.29, 1.82) is 0 Å². The van der Waals surface area contributed by atoms with E-state index in [1.54, 1.807) is 20.8 Å². The molecule has 7 nitrogen and oxygen atoms in total. The van der Waals surface area contributed by atoms with Gasteiger partial charge in [-0.1, -0.05) is 19.8 Å². The quantitative estimate of drug-likeness (QED) is 0.660. The molecule has 0 aromatic rings. The molecule has 22 heavy (non-hydrogen) atoms. The Morgan fingerprint density at radius 2 is 1.68 bits per heavy atom. The van der Waals surface area contributed by atoms with Crippen molar-refractivity contribution in [3.8, 4) is 0 Å². The zero-order chi connectivity index (χ0) is 17.6. The molecule has 0 aromatic carbocycles. The van der Waals surface area contributed by atoms with Gasteiger partial charge < -0.3 is 21.1 Å². The molecule has 1 atom stereocenters. The number of ether oxygens (including phenoxy) is 1. The summed E-state index contributed by atoms with van der Waals surface area (Å²) in [4.78, 5) is 35.4. The second-order valence-electron chi connectivity index (χ2n) is 6.82. The first-order chi connectivity index (χ1) is 9.89. The summed E-state index contributed by atoms with van der Waals surface area (Å²) < 4.78 is 5.12. The molecular formula is C15H29N3O4. The summed E-state index contributed by atoms with van der Waals surface area (Å²) in [5.74, 6) is -1.08. The van der Waals surface area contributed by atoms with Gasteiger partial charge in [-0.15, -0.1) is 0 Å². The lowest BCUT2D eigenvalue weighted by Crippen LogP contribution is -2.59. The van der Waals surface area contributed by atoms with E-state index in [2.05, 4.69) is 10.6 Å². The topological polar surface area (TPSA) is 111 Å². The largest absolute Gasteiger partial charge is 0.444 e. The average Bonchev–Trinajstić information content (AvgIpc) is 2.30. The fraction of sp³-hybridized carbons (Fsp3) is 0.800. The lowest BCUT2D eigenvalue weighted by atomic mass is 10.0. The molecule has 0 heterocycles. The van der Waals surface area contributed by atoms with E-state index >= 15 is 0 Å². The summed E-state index contributed by atoms with van der Waals surface area (Å²) in [6.45, 7) is 10.2. The third kappa shape index (κ3) is 7.85. The van der Waals surface area contributed by atoms with E-state index in [0.717, 1.165) is 12.8 Å². The SMILES string of the molecule is CCCCC(NC(=O)C(C)(C)NC(=O)OC(C)(C)C)C(N)=O. The fourth-order valence-corrected chi connectivity index (χ4v) is 1.65. The lowest BCUT2D eigenvalue weighted by molar-refractivity contribution is -0.131. The minimum absolute atomic E-state index is 0.472. The number of rotatable bonds is 7. The van der Waals surface area contributed by atoms with Crippen LogP contribution in [0.2, 0.25) is 0 Å². The molecule has 0 rings (SSSR count). The Kier molecular flexibility index (Phi) is 7.35. The van der Waals surface area contributed by atoms with Gasteiger partial charge in [-0.2, -0.15) is 0 Å². The van der Waals surface area contributed by atoms with Gasteiger partial charge >= 0.3 is 6.09 Å². The summed E-state index contributed by atoms with van der Waals surface area (Å²) >= 11 is 0. The number of carbonyl (C=O) groups is 3. The van der Waals surface area contributed by atoms with Gasteiger partial charge in [0.15, 0.2) is 0 Å². The van der Waals surface area contributed by atoms with E-state index < -0.39 is 35.1 Å². The Hall–Kier alpha value is -1.79. The number of amides is 3. The Morgan fingerprint density at radius 1 is 1.14 bits per heavy atom. The molecule has 7 heteroatoms. The second-order valence-corrected chi connectivity index (χ2v) is 6.82. The minimum Gasteiger partial charge on any atom is -0.444 e. The third-order valence-corrected chi connectivity index (χ3v) is 2.88. The highest BCUT2D eigenvalue weighted by atomic mass is 16.6. The predicted octanol–water partition coefficient (Wildman–Crippen LogP) is 1.45. The van der Waals surface area contributed by atoms with Crippen LogP contribution in [0, 0.1) is 0 Å². The first-order valence-electron chi connectivity index (χ1n) is 7.50.